The van der Waals surface area contributed by atoms with Gasteiger partial charge in [-0.1, -0.05) is 12.1 Å². The van der Waals surface area contributed by atoms with E-state index in [0.29, 0.717) is 48.0 Å². The standard InChI is InChI=1S/C30H39N3O5/c1-30(2,3)38-29(34)32-19-23-12-13-24(20-32)33(23)16-6-7-26(22-10-8-21(18-31)9-11-22)37-25-14-15-27(35-4)28(17-25)36-5/h8-11,14-15,17,23-24,26H,6-7,12-13,16,19-20H2,1-5H3/t23?,24?,26-/m0/s1. The molecule has 0 aliphatic carbocycles. The number of carbonyl (C=O) groups is 1. The highest BCUT2D eigenvalue weighted by molar-refractivity contribution is 5.68. The van der Waals surface area contributed by atoms with Crippen LogP contribution in [0.3, 0.4) is 0 Å². The predicted molar refractivity (Wildman–Crippen MR) is 145 cm³/mol. The fourth-order valence-electron chi connectivity index (χ4n) is 5.41. The zero-order valence-electron chi connectivity index (χ0n) is 23.1. The summed E-state index contributed by atoms with van der Waals surface area (Å²) in [4.78, 5) is 17.1. The Kier molecular flexibility index (Phi) is 8.68. The van der Waals surface area contributed by atoms with E-state index in [0.717, 1.165) is 37.8 Å². The number of ether oxygens (including phenoxy) is 4. The fourth-order valence-corrected chi connectivity index (χ4v) is 5.41. The van der Waals surface area contributed by atoms with E-state index in [2.05, 4.69) is 11.0 Å². The van der Waals surface area contributed by atoms with Crippen LogP contribution in [0.4, 0.5) is 4.79 Å². The molecule has 2 heterocycles. The van der Waals surface area contributed by atoms with Gasteiger partial charge in [0.05, 0.1) is 25.9 Å². The maximum atomic E-state index is 12.6. The minimum absolute atomic E-state index is 0.179. The number of fused-ring (bicyclic) bond motifs is 2. The molecule has 3 atom stereocenters. The molecule has 4 rings (SSSR count). The maximum Gasteiger partial charge on any atom is 0.410 e. The number of nitriles is 1. The van der Waals surface area contributed by atoms with E-state index in [1.54, 1.807) is 14.2 Å². The average Bonchev–Trinajstić information content (AvgIpc) is 3.12. The summed E-state index contributed by atoms with van der Waals surface area (Å²) in [6.07, 6.45) is 3.57. The van der Waals surface area contributed by atoms with Crippen LogP contribution >= 0.6 is 0 Å². The summed E-state index contributed by atoms with van der Waals surface area (Å²) in [5.74, 6) is 1.96. The van der Waals surface area contributed by atoms with Crippen molar-refractivity contribution in [3.05, 3.63) is 53.6 Å². The van der Waals surface area contributed by atoms with Gasteiger partial charge < -0.3 is 23.8 Å². The van der Waals surface area contributed by atoms with Crippen molar-refractivity contribution in [3.63, 3.8) is 0 Å². The number of carbonyl (C=O) groups excluding carboxylic acids is 1. The topological polar surface area (TPSA) is 84.3 Å². The van der Waals surface area contributed by atoms with Crippen LogP contribution < -0.4 is 14.2 Å². The Balaban J connectivity index is 1.41. The van der Waals surface area contributed by atoms with E-state index >= 15 is 0 Å². The first-order chi connectivity index (χ1) is 18.2. The summed E-state index contributed by atoms with van der Waals surface area (Å²) in [5, 5.41) is 9.21. The monoisotopic (exact) mass is 521 g/mol. The second-order valence-electron chi connectivity index (χ2n) is 11.0. The first kappa shape index (κ1) is 27.6. The minimum Gasteiger partial charge on any atom is -0.493 e. The lowest BCUT2D eigenvalue weighted by Gasteiger charge is -2.41. The Morgan fingerprint density at radius 3 is 2.26 bits per heavy atom. The average molecular weight is 522 g/mol. The third-order valence-corrected chi connectivity index (χ3v) is 7.21. The number of methoxy groups -OCH3 is 2. The molecule has 0 spiro atoms. The van der Waals surface area contributed by atoms with E-state index in [-0.39, 0.29) is 12.2 Å². The van der Waals surface area contributed by atoms with Crippen molar-refractivity contribution in [1.29, 1.82) is 5.26 Å². The fraction of sp³-hybridized carbons (Fsp3) is 0.533. The van der Waals surface area contributed by atoms with Crippen molar-refractivity contribution < 1.29 is 23.7 Å². The van der Waals surface area contributed by atoms with Crippen LogP contribution in [-0.4, -0.2) is 67.4 Å². The molecule has 8 heteroatoms. The molecule has 204 valence electrons. The van der Waals surface area contributed by atoms with E-state index in [4.69, 9.17) is 18.9 Å². The third-order valence-electron chi connectivity index (χ3n) is 7.21. The normalized spacial score (nSPS) is 19.9. The molecule has 2 unspecified atom stereocenters. The van der Waals surface area contributed by atoms with Crippen LogP contribution in [0.25, 0.3) is 0 Å². The Bertz CT molecular complexity index is 1120. The lowest BCUT2D eigenvalue weighted by Crippen LogP contribution is -2.56. The van der Waals surface area contributed by atoms with Gasteiger partial charge in [0.15, 0.2) is 11.5 Å². The van der Waals surface area contributed by atoms with Gasteiger partial charge in [-0.25, -0.2) is 4.79 Å². The number of piperazine rings is 1. The predicted octanol–water partition coefficient (Wildman–Crippen LogP) is 5.56. The molecule has 38 heavy (non-hydrogen) atoms. The smallest absolute Gasteiger partial charge is 0.410 e. The van der Waals surface area contributed by atoms with Gasteiger partial charge in [0, 0.05) is 31.2 Å². The Hall–Kier alpha value is -3.44. The first-order valence-electron chi connectivity index (χ1n) is 13.3. The quantitative estimate of drug-likeness (QED) is 0.427. The van der Waals surface area contributed by atoms with Crippen LogP contribution in [0.1, 0.15) is 63.7 Å². The van der Waals surface area contributed by atoms with Gasteiger partial charge in [-0.05, 0) is 82.8 Å². The molecule has 1 amide bonds. The van der Waals surface area contributed by atoms with Crippen LogP contribution in [0.2, 0.25) is 0 Å². The molecular weight excluding hydrogens is 482 g/mol. The van der Waals surface area contributed by atoms with Gasteiger partial charge in [-0.2, -0.15) is 5.26 Å². The zero-order chi connectivity index (χ0) is 27.3. The van der Waals surface area contributed by atoms with Crippen molar-refractivity contribution in [3.8, 4) is 23.3 Å². The lowest BCUT2D eigenvalue weighted by atomic mass is 10.0. The number of rotatable bonds is 9. The maximum absolute atomic E-state index is 12.6. The molecule has 2 aromatic rings. The molecule has 8 nitrogen and oxygen atoms in total. The van der Waals surface area contributed by atoms with Crippen molar-refractivity contribution >= 4 is 6.09 Å². The molecule has 2 fully saturated rings. The number of hydrogen-bond acceptors (Lipinski definition) is 7. The SMILES string of the molecule is COc1ccc(O[C@@H](CCCN2C3CCC2CN(C(=O)OC(C)(C)C)C3)c2ccc(C#N)cc2)cc1OC. The highest BCUT2D eigenvalue weighted by Crippen LogP contribution is 2.35. The summed E-state index contributed by atoms with van der Waals surface area (Å²) in [6.45, 7) is 8.09. The van der Waals surface area contributed by atoms with Gasteiger partial charge in [0.1, 0.15) is 17.5 Å². The summed E-state index contributed by atoms with van der Waals surface area (Å²) < 4.78 is 22.9. The van der Waals surface area contributed by atoms with Gasteiger partial charge in [-0.3, -0.25) is 4.90 Å². The number of likely N-dealkylation sites (tertiary alicyclic amines) is 1. The van der Waals surface area contributed by atoms with E-state index in [9.17, 15) is 10.1 Å². The van der Waals surface area contributed by atoms with Crippen LogP contribution in [0.15, 0.2) is 42.5 Å². The Morgan fingerprint density at radius 2 is 1.68 bits per heavy atom. The van der Waals surface area contributed by atoms with Crippen LogP contribution in [0.5, 0.6) is 17.2 Å². The number of hydrogen-bond donors (Lipinski definition) is 0. The minimum atomic E-state index is -0.485. The summed E-state index contributed by atoms with van der Waals surface area (Å²) in [5.41, 5.74) is 1.16. The molecular formula is C30H39N3O5. The Labute approximate surface area is 226 Å². The van der Waals surface area contributed by atoms with E-state index in [1.807, 2.05) is 68.1 Å². The van der Waals surface area contributed by atoms with Crippen LogP contribution in [-0.2, 0) is 4.74 Å². The lowest BCUT2D eigenvalue weighted by molar-refractivity contribution is 0.000763. The van der Waals surface area contributed by atoms with Gasteiger partial charge in [0.2, 0.25) is 0 Å². The summed E-state index contributed by atoms with van der Waals surface area (Å²) in [7, 11) is 3.22. The zero-order valence-corrected chi connectivity index (χ0v) is 23.1. The van der Waals surface area contributed by atoms with Crippen molar-refractivity contribution in [1.82, 2.24) is 9.80 Å². The first-order valence-corrected chi connectivity index (χ1v) is 13.3. The second-order valence-corrected chi connectivity index (χ2v) is 11.0. The second kappa shape index (κ2) is 12.0. The number of amides is 1. The van der Waals surface area contributed by atoms with Crippen LogP contribution in [0, 0.1) is 11.3 Å². The summed E-state index contributed by atoms with van der Waals surface area (Å²) >= 11 is 0. The third kappa shape index (κ3) is 6.70. The Morgan fingerprint density at radius 1 is 1.03 bits per heavy atom. The van der Waals surface area contributed by atoms with Crippen molar-refractivity contribution in [2.75, 3.05) is 33.9 Å². The number of nitrogens with zero attached hydrogens (tertiary/aromatic N) is 3. The van der Waals surface area contributed by atoms with Crippen molar-refractivity contribution in [2.45, 2.75) is 70.2 Å². The summed E-state index contributed by atoms with van der Waals surface area (Å²) in [6, 6.07) is 16.1. The molecule has 0 N–H and O–H groups in total. The molecule has 2 saturated heterocycles. The largest absolute Gasteiger partial charge is 0.493 e. The number of benzene rings is 2. The molecule has 0 aromatic heterocycles. The van der Waals surface area contributed by atoms with E-state index in [1.165, 1.54) is 0 Å². The van der Waals surface area contributed by atoms with Gasteiger partial charge >= 0.3 is 6.09 Å². The van der Waals surface area contributed by atoms with Gasteiger partial charge in [0.25, 0.3) is 0 Å². The van der Waals surface area contributed by atoms with E-state index < -0.39 is 5.60 Å². The highest BCUT2D eigenvalue weighted by Gasteiger charge is 2.42. The molecule has 2 aromatic carbocycles. The molecule has 2 bridgehead atoms. The molecule has 0 saturated carbocycles. The molecule has 2 aliphatic heterocycles. The molecule has 0 radical (unpaired) electrons. The molecule has 2 aliphatic rings. The van der Waals surface area contributed by atoms with Gasteiger partial charge in [-0.15, -0.1) is 0 Å². The highest BCUT2D eigenvalue weighted by atomic mass is 16.6. The van der Waals surface area contributed by atoms with Crippen molar-refractivity contribution in [2.24, 2.45) is 0 Å².